The second-order valence-electron chi connectivity index (χ2n) is 3.80. The third kappa shape index (κ3) is 2.37. The highest BCUT2D eigenvalue weighted by atomic mass is 32.2. The van der Waals surface area contributed by atoms with Gasteiger partial charge in [-0.15, -0.1) is 0 Å². The number of nitrogens with zero attached hydrogens (tertiary/aromatic N) is 1. The van der Waals surface area contributed by atoms with Crippen molar-refractivity contribution in [2.45, 2.75) is 4.90 Å². The minimum Gasteiger partial charge on any atom is -0.326 e. The number of likely N-dealkylation sites (N-methyl/N-ethyl adjacent to an activating group) is 1. The van der Waals surface area contributed by atoms with Crippen LogP contribution in [0.2, 0.25) is 0 Å². The van der Waals surface area contributed by atoms with E-state index >= 15 is 0 Å². The van der Waals surface area contributed by atoms with Crippen molar-refractivity contribution >= 4 is 10.0 Å². The van der Waals surface area contributed by atoms with Crippen molar-refractivity contribution in [3.05, 3.63) is 30.3 Å². The summed E-state index contributed by atoms with van der Waals surface area (Å²) in [4.78, 5) is 0.305. The van der Waals surface area contributed by atoms with Crippen molar-refractivity contribution in [3.8, 4) is 0 Å². The lowest BCUT2D eigenvalue weighted by molar-refractivity contribution is -0.760. The summed E-state index contributed by atoms with van der Waals surface area (Å²) in [5.74, 6) is 0. The normalized spacial score (nSPS) is 12.7. The maximum atomic E-state index is 12.1. The van der Waals surface area contributed by atoms with Gasteiger partial charge in [0, 0.05) is 6.54 Å². The van der Waals surface area contributed by atoms with Crippen LogP contribution in [0.15, 0.2) is 29.2 Å². The molecule has 0 unspecified atom stereocenters. The topological polar surface area (TPSA) is 60.2 Å². The van der Waals surface area contributed by atoms with E-state index in [1.807, 2.05) is 0 Å². The van der Waals surface area contributed by atoms with Gasteiger partial charge in [-0.05, 0) is 18.2 Å². The Hall–Kier alpha value is -0.910. The summed E-state index contributed by atoms with van der Waals surface area (Å²) >= 11 is 0. The Labute approximate surface area is 91.0 Å². The van der Waals surface area contributed by atoms with Gasteiger partial charge in [0.15, 0.2) is 0 Å². The van der Waals surface area contributed by atoms with Crippen LogP contribution in [0.1, 0.15) is 0 Å². The highest BCUT2D eigenvalue weighted by molar-refractivity contribution is 7.86. The molecule has 4 nitrogen and oxygen atoms in total. The molecule has 0 atom stereocenters. The van der Waals surface area contributed by atoms with E-state index in [1.54, 1.807) is 38.4 Å². The zero-order valence-electron chi connectivity index (χ0n) is 8.97. The van der Waals surface area contributed by atoms with E-state index in [9.17, 15) is 8.42 Å². The van der Waals surface area contributed by atoms with Gasteiger partial charge in [0.2, 0.25) is 0 Å². The summed E-state index contributed by atoms with van der Waals surface area (Å²) in [6.07, 6.45) is 0. The number of hydrogen-bond acceptors (Lipinski definition) is 3. The largest absolute Gasteiger partial charge is 0.326 e. The molecule has 0 aliphatic carbocycles. The first-order valence-corrected chi connectivity index (χ1v) is 6.10. The Morgan fingerprint density at radius 2 is 1.87 bits per heavy atom. The van der Waals surface area contributed by atoms with E-state index < -0.39 is 10.0 Å². The molecule has 1 aromatic carbocycles. The summed E-state index contributed by atoms with van der Waals surface area (Å²) < 4.78 is 24.2. The fourth-order valence-electron chi connectivity index (χ4n) is 1.26. The standard InChI is InChI=1S/C10H16N2O2S/c1-12(2,9-8-11)15(13,14)10-6-4-3-5-7-10/h4-7H,8-9,11H2,1-2H3/q+1. The SMILES string of the molecule is C[N+](C)(CCN)S(=O)(=O)c1cc[c]cc1. The van der Waals surface area contributed by atoms with Crippen LogP contribution in [0, 0.1) is 6.07 Å². The number of quaternary nitrogens is 1. The molecule has 5 heteroatoms. The van der Waals surface area contributed by atoms with Crippen LogP contribution in [0.4, 0.5) is 0 Å². The summed E-state index contributed by atoms with van der Waals surface area (Å²) in [6.45, 7) is 0.728. The van der Waals surface area contributed by atoms with Gasteiger partial charge in [0.25, 0.3) is 0 Å². The van der Waals surface area contributed by atoms with Crippen LogP contribution >= 0.6 is 0 Å². The molecule has 1 rings (SSSR count). The molecule has 0 heterocycles. The summed E-state index contributed by atoms with van der Waals surface area (Å²) in [5.41, 5.74) is 5.40. The molecule has 83 valence electrons. The maximum Gasteiger partial charge on any atom is 0.326 e. The smallest absolute Gasteiger partial charge is 0.326 e. The Kier molecular flexibility index (Phi) is 3.49. The van der Waals surface area contributed by atoms with Crippen molar-refractivity contribution in [1.29, 1.82) is 0 Å². The molecule has 0 bridgehead atoms. The zero-order valence-corrected chi connectivity index (χ0v) is 9.79. The van der Waals surface area contributed by atoms with E-state index in [0.29, 0.717) is 18.0 Å². The van der Waals surface area contributed by atoms with E-state index in [-0.39, 0.29) is 3.89 Å². The Bertz CT molecular complexity index is 412. The average molecular weight is 228 g/mol. The molecule has 0 spiro atoms. The number of rotatable bonds is 4. The first-order chi connectivity index (χ1) is 6.92. The predicted molar refractivity (Wildman–Crippen MR) is 58.5 cm³/mol. The lowest BCUT2D eigenvalue weighted by atomic mass is 10.4. The summed E-state index contributed by atoms with van der Waals surface area (Å²) in [6, 6.07) is 9.07. The van der Waals surface area contributed by atoms with Crippen LogP contribution < -0.4 is 5.73 Å². The number of nitrogens with two attached hydrogens (primary N) is 1. The van der Waals surface area contributed by atoms with Gasteiger partial charge in [0.1, 0.15) is 11.4 Å². The minimum absolute atomic E-state index is 0.131. The molecular weight excluding hydrogens is 212 g/mol. The number of benzene rings is 1. The minimum atomic E-state index is -3.36. The molecule has 1 aromatic rings. The van der Waals surface area contributed by atoms with Crippen LogP contribution in [0.3, 0.4) is 0 Å². The maximum absolute atomic E-state index is 12.1. The number of hydrogen-bond donors (Lipinski definition) is 1. The van der Waals surface area contributed by atoms with Gasteiger partial charge < -0.3 is 5.73 Å². The lowest BCUT2D eigenvalue weighted by Gasteiger charge is -2.27. The highest BCUT2D eigenvalue weighted by Crippen LogP contribution is 2.18. The molecule has 0 aliphatic rings. The van der Waals surface area contributed by atoms with Crippen molar-refractivity contribution < 1.29 is 12.3 Å². The quantitative estimate of drug-likeness (QED) is 0.749. The molecule has 0 aliphatic heterocycles. The Morgan fingerprint density at radius 1 is 1.33 bits per heavy atom. The molecule has 0 saturated heterocycles. The molecule has 1 radical (unpaired) electrons. The van der Waals surface area contributed by atoms with Gasteiger partial charge in [-0.2, -0.15) is 8.42 Å². The second-order valence-corrected chi connectivity index (χ2v) is 6.21. The van der Waals surface area contributed by atoms with E-state index in [4.69, 9.17) is 5.73 Å². The number of sulfonamides is 1. The second kappa shape index (κ2) is 4.30. The monoisotopic (exact) mass is 228 g/mol. The van der Waals surface area contributed by atoms with Crippen molar-refractivity contribution in [3.63, 3.8) is 0 Å². The average Bonchev–Trinajstić information content (AvgIpc) is 2.19. The fourth-order valence-corrected chi connectivity index (χ4v) is 2.66. The van der Waals surface area contributed by atoms with Gasteiger partial charge in [-0.3, -0.25) is 0 Å². The third-order valence-electron chi connectivity index (χ3n) is 2.30. The molecule has 0 saturated carbocycles. The highest BCUT2D eigenvalue weighted by Gasteiger charge is 2.33. The van der Waals surface area contributed by atoms with E-state index in [2.05, 4.69) is 6.07 Å². The lowest BCUT2D eigenvalue weighted by Crippen LogP contribution is -2.48. The van der Waals surface area contributed by atoms with Gasteiger partial charge >= 0.3 is 10.0 Å². The molecule has 0 amide bonds. The fraction of sp³-hybridized carbons (Fsp3) is 0.400. The third-order valence-corrected chi connectivity index (χ3v) is 4.66. The van der Waals surface area contributed by atoms with Crippen molar-refractivity contribution in [2.75, 3.05) is 27.2 Å². The van der Waals surface area contributed by atoms with Crippen LogP contribution in [-0.2, 0) is 10.0 Å². The van der Waals surface area contributed by atoms with Crippen LogP contribution in [0.25, 0.3) is 0 Å². The van der Waals surface area contributed by atoms with Gasteiger partial charge in [-0.1, -0.05) is 12.1 Å². The molecular formula is C10H16N2O2S+. The van der Waals surface area contributed by atoms with E-state index in [0.717, 1.165) is 0 Å². The molecule has 0 aromatic heterocycles. The summed E-state index contributed by atoms with van der Waals surface area (Å²) in [7, 11) is -0.0876. The zero-order chi connectivity index (χ0) is 11.5. The summed E-state index contributed by atoms with van der Waals surface area (Å²) in [5, 5.41) is 0. The van der Waals surface area contributed by atoms with Crippen molar-refractivity contribution in [2.24, 2.45) is 5.73 Å². The first kappa shape index (κ1) is 12.2. The van der Waals surface area contributed by atoms with Gasteiger partial charge in [0.05, 0.1) is 14.1 Å². The Balaban J connectivity index is 3.14. The Morgan fingerprint density at radius 3 is 2.33 bits per heavy atom. The van der Waals surface area contributed by atoms with Gasteiger partial charge in [-0.25, -0.2) is 3.89 Å². The predicted octanol–water partition coefficient (Wildman–Crippen LogP) is 0.211. The van der Waals surface area contributed by atoms with E-state index in [1.165, 1.54) is 0 Å². The molecule has 0 fully saturated rings. The molecule has 2 N–H and O–H groups in total. The van der Waals surface area contributed by atoms with Crippen LogP contribution in [-0.4, -0.2) is 39.5 Å². The first-order valence-electron chi connectivity index (χ1n) is 4.66. The van der Waals surface area contributed by atoms with Crippen LogP contribution in [0.5, 0.6) is 0 Å². The molecule has 15 heavy (non-hydrogen) atoms. The van der Waals surface area contributed by atoms with Crippen molar-refractivity contribution in [1.82, 2.24) is 0 Å².